The van der Waals surface area contributed by atoms with Crippen molar-refractivity contribution in [2.24, 2.45) is 17.8 Å². The van der Waals surface area contributed by atoms with E-state index >= 15 is 0 Å². The van der Waals surface area contributed by atoms with Crippen molar-refractivity contribution in [3.8, 4) is 0 Å². The zero-order chi connectivity index (χ0) is 27.8. The van der Waals surface area contributed by atoms with Gasteiger partial charge in [-0.3, -0.25) is 0 Å². The Kier molecular flexibility index (Phi) is 16.2. The molecule has 2 unspecified atom stereocenters. The third-order valence-electron chi connectivity index (χ3n) is 6.79. The minimum Gasteiger partial charge on any atom is -0.480 e. The topological polar surface area (TPSA) is 112 Å². The molecule has 0 bridgehead atoms. The number of carbonyl (C=O) groups is 2. The summed E-state index contributed by atoms with van der Waals surface area (Å²) in [6.45, 7) is 13.1. The first-order chi connectivity index (χ1) is 17.5. The molecule has 1 aromatic rings. The fourth-order valence-electron chi connectivity index (χ4n) is 4.27. The van der Waals surface area contributed by atoms with Crippen molar-refractivity contribution in [2.45, 2.75) is 105 Å². The number of rotatable bonds is 20. The van der Waals surface area contributed by atoms with Crippen LogP contribution in [0.25, 0.3) is 0 Å². The van der Waals surface area contributed by atoms with Crippen LogP contribution < -0.4 is 5.32 Å². The molecule has 3 atom stereocenters. The summed E-state index contributed by atoms with van der Waals surface area (Å²) in [5, 5.41) is 21.4. The molecule has 0 aliphatic heterocycles. The lowest BCUT2D eigenvalue weighted by Crippen LogP contribution is -2.32. The van der Waals surface area contributed by atoms with Crippen molar-refractivity contribution in [3.05, 3.63) is 29.1 Å². The summed E-state index contributed by atoms with van der Waals surface area (Å²) < 4.78 is 0. The highest BCUT2D eigenvalue weighted by Crippen LogP contribution is 2.22. The first-order valence-electron chi connectivity index (χ1n) is 13.8. The number of aromatic nitrogens is 2. The predicted molar refractivity (Wildman–Crippen MR) is 155 cm³/mol. The summed E-state index contributed by atoms with van der Waals surface area (Å²) >= 11 is 1.54. The molecule has 0 spiro atoms. The lowest BCUT2D eigenvalue weighted by Gasteiger charge is -2.15. The Hall–Kier alpha value is -2.09. The number of allylic oxidation sites excluding steroid dienone is 1. The number of nitrogens with one attached hydrogen (secondary N) is 1. The van der Waals surface area contributed by atoms with E-state index in [-0.39, 0.29) is 11.5 Å². The van der Waals surface area contributed by atoms with Crippen LogP contribution >= 0.6 is 11.8 Å². The Morgan fingerprint density at radius 3 is 2.14 bits per heavy atom. The number of nitrogens with zero attached hydrogens (tertiary/aromatic N) is 2. The first kappa shape index (κ1) is 32.9. The van der Waals surface area contributed by atoms with Gasteiger partial charge in [0.2, 0.25) is 5.95 Å². The van der Waals surface area contributed by atoms with Crippen LogP contribution in [0.5, 0.6) is 0 Å². The van der Waals surface area contributed by atoms with Crippen molar-refractivity contribution in [2.75, 3.05) is 16.8 Å². The molecule has 1 aromatic heterocycles. The van der Waals surface area contributed by atoms with Gasteiger partial charge in [0.1, 0.15) is 6.04 Å². The molecule has 8 heteroatoms. The minimum absolute atomic E-state index is 0.00363. The second-order valence-corrected chi connectivity index (χ2v) is 12.1. The Labute approximate surface area is 228 Å². The van der Waals surface area contributed by atoms with E-state index in [1.165, 1.54) is 63.1 Å². The Bertz CT molecular complexity index is 860. The number of carboxylic acids is 2. The molecule has 0 aromatic carbocycles. The quantitative estimate of drug-likeness (QED) is 0.116. The Morgan fingerprint density at radius 2 is 1.59 bits per heavy atom. The predicted octanol–water partition coefficient (Wildman–Crippen LogP) is 7.47. The van der Waals surface area contributed by atoms with Gasteiger partial charge in [-0.15, -0.1) is 0 Å². The van der Waals surface area contributed by atoms with Crippen molar-refractivity contribution < 1.29 is 19.8 Å². The monoisotopic (exact) mass is 535 g/mol. The molecule has 7 nitrogen and oxygen atoms in total. The average Bonchev–Trinajstić information content (AvgIpc) is 2.80. The summed E-state index contributed by atoms with van der Waals surface area (Å²) in [6, 6.07) is -0.854. The molecular formula is C29H49N3O4S. The van der Waals surface area contributed by atoms with Gasteiger partial charge < -0.3 is 15.5 Å². The second-order valence-electron chi connectivity index (χ2n) is 11.0. The molecule has 0 aliphatic rings. The molecule has 0 radical (unpaired) electrons. The van der Waals surface area contributed by atoms with E-state index in [1.54, 1.807) is 18.7 Å². The highest BCUT2D eigenvalue weighted by atomic mass is 32.2. The van der Waals surface area contributed by atoms with E-state index in [0.717, 1.165) is 29.9 Å². The number of aromatic carboxylic acids is 1. The Balaban J connectivity index is 2.27. The molecule has 0 amide bonds. The summed E-state index contributed by atoms with van der Waals surface area (Å²) in [6.07, 6.45) is 15.0. The molecule has 0 aliphatic carbocycles. The maximum Gasteiger partial charge on any atom is 0.339 e. The second kappa shape index (κ2) is 18.2. The standard InChI is InChI=1S/C29H49N3O4S/c1-20(2)10-7-11-21(3)12-8-13-22(4)14-9-15-23(5)16-17-37-19-26(28(35)36)32-29-30-18-25(27(33)34)24(6)31-29/h16,18,20-22,26H,7-15,17,19H2,1-6H3,(H,33,34)(H,35,36)(H,30,31,32)/b23-16+/t21?,22?,26-/m0/s1. The molecular weight excluding hydrogens is 486 g/mol. The molecule has 210 valence electrons. The van der Waals surface area contributed by atoms with Crippen LogP contribution in [0.3, 0.4) is 0 Å². The minimum atomic E-state index is -1.11. The van der Waals surface area contributed by atoms with Gasteiger partial charge in [0.05, 0.1) is 11.3 Å². The van der Waals surface area contributed by atoms with E-state index in [9.17, 15) is 14.7 Å². The summed E-state index contributed by atoms with van der Waals surface area (Å²) in [5.41, 5.74) is 1.65. The zero-order valence-electron chi connectivity index (χ0n) is 23.8. The van der Waals surface area contributed by atoms with Gasteiger partial charge >= 0.3 is 11.9 Å². The largest absolute Gasteiger partial charge is 0.480 e. The number of carboxylic acid groups (broad SMARTS) is 2. The van der Waals surface area contributed by atoms with Gasteiger partial charge in [0.25, 0.3) is 0 Å². The van der Waals surface area contributed by atoms with Crippen molar-refractivity contribution in [1.29, 1.82) is 0 Å². The highest BCUT2D eigenvalue weighted by Gasteiger charge is 2.19. The van der Waals surface area contributed by atoms with Crippen LogP contribution in [0.2, 0.25) is 0 Å². The summed E-state index contributed by atoms with van der Waals surface area (Å²) in [7, 11) is 0. The number of hydrogen-bond acceptors (Lipinski definition) is 6. The normalized spacial score (nSPS) is 14.4. The van der Waals surface area contributed by atoms with Crippen LogP contribution in [0.4, 0.5) is 5.95 Å². The zero-order valence-corrected chi connectivity index (χ0v) is 24.6. The number of hydrogen-bond donors (Lipinski definition) is 3. The van der Waals surface area contributed by atoms with Gasteiger partial charge in [-0.1, -0.05) is 84.3 Å². The van der Waals surface area contributed by atoms with Gasteiger partial charge in [-0.05, 0) is 44.4 Å². The molecule has 1 heterocycles. The highest BCUT2D eigenvalue weighted by molar-refractivity contribution is 7.99. The van der Waals surface area contributed by atoms with E-state index in [2.05, 4.69) is 56.0 Å². The van der Waals surface area contributed by atoms with Crippen LogP contribution in [-0.2, 0) is 4.79 Å². The van der Waals surface area contributed by atoms with Crippen molar-refractivity contribution >= 4 is 29.6 Å². The Morgan fingerprint density at radius 1 is 1.00 bits per heavy atom. The summed E-state index contributed by atoms with van der Waals surface area (Å²) in [4.78, 5) is 30.8. The molecule has 37 heavy (non-hydrogen) atoms. The van der Waals surface area contributed by atoms with E-state index in [4.69, 9.17) is 5.11 Å². The van der Waals surface area contributed by atoms with Crippen LogP contribution in [0, 0.1) is 24.7 Å². The fourth-order valence-corrected chi connectivity index (χ4v) is 5.27. The van der Waals surface area contributed by atoms with Crippen LogP contribution in [0.1, 0.15) is 108 Å². The van der Waals surface area contributed by atoms with Gasteiger partial charge in [0.15, 0.2) is 0 Å². The third kappa shape index (κ3) is 15.0. The number of aryl methyl sites for hydroxylation is 1. The molecule has 0 saturated heterocycles. The van der Waals surface area contributed by atoms with Gasteiger partial charge in [-0.2, -0.15) is 11.8 Å². The number of anilines is 1. The molecule has 3 N–H and O–H groups in total. The van der Waals surface area contributed by atoms with Crippen molar-refractivity contribution in [1.82, 2.24) is 9.97 Å². The molecule has 0 fully saturated rings. The SMILES string of the molecule is C/C(=C\CSC[C@H](Nc1ncc(C(=O)O)c(C)n1)C(=O)O)CCCC(C)CCCC(C)CCCC(C)C. The number of thioether (sulfide) groups is 1. The summed E-state index contributed by atoms with van der Waals surface area (Å²) in [5.74, 6) is 1.56. The lowest BCUT2D eigenvalue weighted by molar-refractivity contribution is -0.137. The first-order valence-corrected chi connectivity index (χ1v) is 14.9. The van der Waals surface area contributed by atoms with Crippen molar-refractivity contribution in [3.63, 3.8) is 0 Å². The van der Waals surface area contributed by atoms with E-state index in [0.29, 0.717) is 11.4 Å². The third-order valence-corrected chi connectivity index (χ3v) is 7.76. The maximum absolute atomic E-state index is 11.6. The van der Waals surface area contributed by atoms with Crippen LogP contribution in [0.15, 0.2) is 17.8 Å². The van der Waals surface area contributed by atoms with Crippen LogP contribution in [-0.4, -0.2) is 49.7 Å². The van der Waals surface area contributed by atoms with E-state index in [1.807, 2.05) is 0 Å². The fraction of sp³-hybridized carbons (Fsp3) is 0.724. The smallest absolute Gasteiger partial charge is 0.339 e. The number of aliphatic carboxylic acids is 1. The molecule has 1 rings (SSSR count). The lowest BCUT2D eigenvalue weighted by atomic mass is 9.91. The van der Waals surface area contributed by atoms with E-state index < -0.39 is 18.0 Å². The molecule has 0 saturated carbocycles. The van der Waals surface area contributed by atoms with Gasteiger partial charge in [-0.25, -0.2) is 19.6 Å². The average molecular weight is 536 g/mol. The maximum atomic E-state index is 11.6. The van der Waals surface area contributed by atoms with Gasteiger partial charge in [0, 0.05) is 17.7 Å².